The van der Waals surface area contributed by atoms with Gasteiger partial charge in [0, 0.05) is 6.04 Å². The molecule has 0 bridgehead atoms. The highest BCUT2D eigenvalue weighted by Gasteiger charge is 2.22. The van der Waals surface area contributed by atoms with Crippen LogP contribution in [0.1, 0.15) is 19.8 Å². The number of hydrogen-bond donors (Lipinski definition) is 1. The number of nitrogens with zero attached hydrogens (tertiary/aromatic N) is 1. The second-order valence-corrected chi connectivity index (χ2v) is 6.36. The van der Waals surface area contributed by atoms with E-state index in [1.54, 1.807) is 6.92 Å². The molecule has 23 heavy (non-hydrogen) atoms. The normalized spacial score (nSPS) is 17.8. The maximum absolute atomic E-state index is 12.3. The molecule has 2 aromatic rings. The van der Waals surface area contributed by atoms with Crippen LogP contribution < -0.4 is 10.1 Å². The third-order valence-electron chi connectivity index (χ3n) is 4.47. The summed E-state index contributed by atoms with van der Waals surface area (Å²) in [6, 6.07) is 14.3. The number of nitrogens with one attached hydrogen (secondary N) is 1. The van der Waals surface area contributed by atoms with Crippen molar-refractivity contribution < 1.29 is 9.53 Å². The summed E-state index contributed by atoms with van der Waals surface area (Å²) in [6.45, 7) is 3.87. The molecule has 0 aromatic heterocycles. The largest absolute Gasteiger partial charge is 0.481 e. The first-order chi connectivity index (χ1) is 11.1. The molecular formula is C19H24N2O2. The predicted octanol–water partition coefficient (Wildman–Crippen LogP) is 2.82. The molecule has 1 atom stereocenters. The maximum Gasteiger partial charge on any atom is 0.260 e. The molecule has 1 aliphatic heterocycles. The van der Waals surface area contributed by atoms with Gasteiger partial charge in [0.25, 0.3) is 5.91 Å². The Hall–Kier alpha value is -2.07. The van der Waals surface area contributed by atoms with Crippen LogP contribution in [0.4, 0.5) is 0 Å². The van der Waals surface area contributed by atoms with Crippen LogP contribution in [0.5, 0.6) is 5.75 Å². The minimum atomic E-state index is -0.490. The van der Waals surface area contributed by atoms with Crippen molar-refractivity contribution in [3.05, 3.63) is 42.5 Å². The third kappa shape index (κ3) is 4.02. The lowest BCUT2D eigenvalue weighted by atomic mass is 10.1. The summed E-state index contributed by atoms with van der Waals surface area (Å²) in [5.41, 5.74) is 0. The molecule has 1 fully saturated rings. The molecule has 0 spiro atoms. The van der Waals surface area contributed by atoms with Crippen molar-refractivity contribution in [3.63, 3.8) is 0 Å². The van der Waals surface area contributed by atoms with E-state index < -0.39 is 6.10 Å². The van der Waals surface area contributed by atoms with Gasteiger partial charge in [-0.3, -0.25) is 4.79 Å². The summed E-state index contributed by atoms with van der Waals surface area (Å²) in [7, 11) is 2.11. The second kappa shape index (κ2) is 7.01. The summed E-state index contributed by atoms with van der Waals surface area (Å²) < 4.78 is 5.82. The Balaban J connectivity index is 1.58. The SMILES string of the molecule is C[C@@H](Oc1ccc2ccccc2c1)C(=O)NC1CCN(C)CC1. The zero-order valence-electron chi connectivity index (χ0n) is 13.8. The average molecular weight is 312 g/mol. The van der Waals surface area contributed by atoms with Crippen LogP contribution in [0.25, 0.3) is 10.8 Å². The third-order valence-corrected chi connectivity index (χ3v) is 4.47. The van der Waals surface area contributed by atoms with Crippen molar-refractivity contribution in [1.29, 1.82) is 0 Å². The van der Waals surface area contributed by atoms with Crippen LogP contribution in [-0.4, -0.2) is 43.1 Å². The standard InChI is InChI=1S/C19H24N2O2/c1-14(19(22)20-17-9-11-21(2)12-10-17)23-18-8-7-15-5-3-4-6-16(15)13-18/h3-8,13-14,17H,9-12H2,1-2H3,(H,20,22)/t14-/m1/s1. The first-order valence-electron chi connectivity index (χ1n) is 8.26. The fourth-order valence-corrected chi connectivity index (χ4v) is 2.97. The Bertz CT molecular complexity index is 678. The van der Waals surface area contributed by atoms with Gasteiger partial charge in [0.1, 0.15) is 5.75 Å². The van der Waals surface area contributed by atoms with Gasteiger partial charge in [0.15, 0.2) is 6.10 Å². The van der Waals surface area contributed by atoms with Crippen LogP contribution in [0.2, 0.25) is 0 Å². The van der Waals surface area contributed by atoms with Crippen molar-refractivity contribution in [2.75, 3.05) is 20.1 Å². The number of carbonyl (C=O) groups excluding carboxylic acids is 1. The Labute approximate surface area is 137 Å². The van der Waals surface area contributed by atoms with Gasteiger partial charge < -0.3 is 15.0 Å². The molecule has 1 heterocycles. The lowest BCUT2D eigenvalue weighted by Crippen LogP contribution is -2.47. The van der Waals surface area contributed by atoms with E-state index in [0.29, 0.717) is 0 Å². The number of likely N-dealkylation sites (tertiary alicyclic amines) is 1. The summed E-state index contributed by atoms with van der Waals surface area (Å²) in [4.78, 5) is 14.6. The van der Waals surface area contributed by atoms with Gasteiger partial charge in [-0.05, 0) is 62.8 Å². The van der Waals surface area contributed by atoms with E-state index in [-0.39, 0.29) is 11.9 Å². The van der Waals surface area contributed by atoms with Gasteiger partial charge >= 0.3 is 0 Å². The van der Waals surface area contributed by atoms with E-state index in [2.05, 4.69) is 23.3 Å². The van der Waals surface area contributed by atoms with Crippen molar-refractivity contribution in [2.24, 2.45) is 0 Å². The molecule has 1 aliphatic rings. The van der Waals surface area contributed by atoms with Crippen LogP contribution >= 0.6 is 0 Å². The van der Waals surface area contributed by atoms with Gasteiger partial charge in [-0.25, -0.2) is 0 Å². The molecule has 0 aliphatic carbocycles. The van der Waals surface area contributed by atoms with E-state index in [0.717, 1.165) is 37.1 Å². The Morgan fingerprint density at radius 3 is 2.61 bits per heavy atom. The molecule has 1 N–H and O–H groups in total. The van der Waals surface area contributed by atoms with E-state index in [4.69, 9.17) is 4.74 Å². The smallest absolute Gasteiger partial charge is 0.260 e. The number of benzene rings is 2. The molecule has 2 aromatic carbocycles. The van der Waals surface area contributed by atoms with Gasteiger partial charge in [0.2, 0.25) is 0 Å². The first kappa shape index (κ1) is 15.8. The summed E-state index contributed by atoms with van der Waals surface area (Å²) in [5, 5.41) is 5.39. The number of fused-ring (bicyclic) bond motifs is 1. The number of carbonyl (C=O) groups is 1. The Morgan fingerprint density at radius 1 is 1.17 bits per heavy atom. The molecule has 3 rings (SSSR count). The summed E-state index contributed by atoms with van der Waals surface area (Å²) >= 11 is 0. The van der Waals surface area contributed by atoms with Crippen LogP contribution in [-0.2, 0) is 4.79 Å². The maximum atomic E-state index is 12.3. The molecule has 122 valence electrons. The number of hydrogen-bond acceptors (Lipinski definition) is 3. The van der Waals surface area contributed by atoms with Gasteiger partial charge in [-0.1, -0.05) is 30.3 Å². The van der Waals surface area contributed by atoms with Crippen molar-refractivity contribution >= 4 is 16.7 Å². The Kier molecular flexibility index (Phi) is 4.82. The molecular weight excluding hydrogens is 288 g/mol. The lowest BCUT2D eigenvalue weighted by Gasteiger charge is -2.30. The Morgan fingerprint density at radius 2 is 1.87 bits per heavy atom. The van der Waals surface area contributed by atoms with Gasteiger partial charge in [-0.2, -0.15) is 0 Å². The fourth-order valence-electron chi connectivity index (χ4n) is 2.97. The van der Waals surface area contributed by atoms with Gasteiger partial charge in [-0.15, -0.1) is 0 Å². The highest BCUT2D eigenvalue weighted by molar-refractivity contribution is 5.84. The highest BCUT2D eigenvalue weighted by atomic mass is 16.5. The molecule has 4 heteroatoms. The minimum absolute atomic E-state index is 0.0345. The van der Waals surface area contributed by atoms with E-state index in [1.807, 2.05) is 36.4 Å². The lowest BCUT2D eigenvalue weighted by molar-refractivity contribution is -0.128. The molecule has 4 nitrogen and oxygen atoms in total. The molecule has 0 radical (unpaired) electrons. The summed E-state index contributed by atoms with van der Waals surface area (Å²) in [5.74, 6) is 0.697. The number of ether oxygens (including phenoxy) is 1. The topological polar surface area (TPSA) is 41.6 Å². The quantitative estimate of drug-likeness (QED) is 0.944. The van der Waals surface area contributed by atoms with Crippen molar-refractivity contribution in [1.82, 2.24) is 10.2 Å². The zero-order valence-corrected chi connectivity index (χ0v) is 13.8. The zero-order chi connectivity index (χ0) is 16.2. The minimum Gasteiger partial charge on any atom is -0.481 e. The van der Waals surface area contributed by atoms with Crippen LogP contribution in [0.15, 0.2) is 42.5 Å². The summed E-state index contributed by atoms with van der Waals surface area (Å²) in [6.07, 6.45) is 1.52. The molecule has 1 saturated heterocycles. The predicted molar refractivity (Wildman–Crippen MR) is 92.7 cm³/mol. The van der Waals surface area contributed by atoms with Crippen LogP contribution in [0.3, 0.4) is 0 Å². The van der Waals surface area contributed by atoms with Crippen molar-refractivity contribution in [3.8, 4) is 5.75 Å². The molecule has 1 amide bonds. The number of piperidine rings is 1. The number of amides is 1. The first-order valence-corrected chi connectivity index (χ1v) is 8.26. The molecule has 0 saturated carbocycles. The van der Waals surface area contributed by atoms with E-state index >= 15 is 0 Å². The molecule has 0 unspecified atom stereocenters. The highest BCUT2D eigenvalue weighted by Crippen LogP contribution is 2.21. The average Bonchev–Trinajstić information content (AvgIpc) is 2.56. The second-order valence-electron chi connectivity index (χ2n) is 6.36. The van der Waals surface area contributed by atoms with Crippen LogP contribution in [0, 0.1) is 0 Å². The van der Waals surface area contributed by atoms with E-state index in [9.17, 15) is 4.79 Å². The fraction of sp³-hybridized carbons (Fsp3) is 0.421. The van der Waals surface area contributed by atoms with Crippen molar-refractivity contribution in [2.45, 2.75) is 31.9 Å². The van der Waals surface area contributed by atoms with E-state index in [1.165, 1.54) is 5.39 Å². The van der Waals surface area contributed by atoms with Gasteiger partial charge in [0.05, 0.1) is 0 Å². The number of rotatable bonds is 4. The monoisotopic (exact) mass is 312 g/mol.